The summed E-state index contributed by atoms with van der Waals surface area (Å²) in [7, 11) is 1.70. The molecular formula is C21H26ClNO3. The Bertz CT molecular complexity index is 720. The highest BCUT2D eigenvalue weighted by molar-refractivity contribution is 5.85. The van der Waals surface area contributed by atoms with Crippen LogP contribution >= 0.6 is 12.4 Å². The van der Waals surface area contributed by atoms with Crippen molar-refractivity contribution in [2.24, 2.45) is 5.92 Å². The molecule has 0 amide bonds. The molecule has 2 aromatic carbocycles. The van der Waals surface area contributed by atoms with Gasteiger partial charge >= 0.3 is 5.97 Å². The number of aliphatic carboxylic acids is 1. The van der Waals surface area contributed by atoms with Crippen molar-refractivity contribution in [3.8, 4) is 5.75 Å². The summed E-state index contributed by atoms with van der Waals surface area (Å²) in [4.78, 5) is 10.7. The maximum Gasteiger partial charge on any atom is 0.304 e. The smallest absolute Gasteiger partial charge is 0.304 e. The predicted octanol–water partition coefficient (Wildman–Crippen LogP) is 3.88. The van der Waals surface area contributed by atoms with Gasteiger partial charge < -0.3 is 15.2 Å². The molecule has 140 valence electrons. The summed E-state index contributed by atoms with van der Waals surface area (Å²) in [6, 6.07) is 17.0. The van der Waals surface area contributed by atoms with Crippen LogP contribution in [0.25, 0.3) is 0 Å². The van der Waals surface area contributed by atoms with E-state index in [4.69, 9.17) is 9.84 Å². The summed E-state index contributed by atoms with van der Waals surface area (Å²) >= 11 is 0. The molecule has 0 aliphatic heterocycles. The minimum absolute atomic E-state index is 0. The molecule has 26 heavy (non-hydrogen) atoms. The predicted molar refractivity (Wildman–Crippen MR) is 105 cm³/mol. The van der Waals surface area contributed by atoms with Gasteiger partial charge in [0.1, 0.15) is 5.75 Å². The van der Waals surface area contributed by atoms with Crippen LogP contribution in [0.4, 0.5) is 0 Å². The lowest BCUT2D eigenvalue weighted by molar-refractivity contribution is -0.136. The van der Waals surface area contributed by atoms with Crippen LogP contribution < -0.4 is 10.1 Å². The summed E-state index contributed by atoms with van der Waals surface area (Å²) in [5, 5.41) is 12.1. The minimum atomic E-state index is -0.756. The Morgan fingerprint density at radius 2 is 2.00 bits per heavy atom. The average molecular weight is 376 g/mol. The van der Waals surface area contributed by atoms with Gasteiger partial charge in [0.05, 0.1) is 13.5 Å². The molecule has 2 aromatic rings. The maximum absolute atomic E-state index is 10.7. The third kappa shape index (κ3) is 4.77. The number of nitrogens with one attached hydrogen (secondary N) is 1. The lowest BCUT2D eigenvalue weighted by atomic mass is 9.71. The second-order valence-electron chi connectivity index (χ2n) is 6.60. The lowest BCUT2D eigenvalue weighted by Gasteiger charge is -2.34. The van der Waals surface area contributed by atoms with Gasteiger partial charge in [-0.3, -0.25) is 4.79 Å². The number of carbonyl (C=O) groups is 1. The van der Waals surface area contributed by atoms with Crippen molar-refractivity contribution >= 4 is 18.4 Å². The zero-order chi connectivity index (χ0) is 17.6. The Labute approximate surface area is 161 Å². The first kappa shape index (κ1) is 20.3. The SMILES string of the molecule is COc1ccc2c(c1)CCC(CNCCC(=O)O)C2c1ccccc1.Cl. The number of fused-ring (bicyclic) bond motifs is 1. The Hall–Kier alpha value is -2.04. The molecule has 0 fully saturated rings. The first-order valence-electron chi connectivity index (χ1n) is 8.83. The standard InChI is InChI=1S/C21H25NO3.ClH/c1-25-18-9-10-19-16(13-18)7-8-17(14-22-12-11-20(23)24)21(19)15-5-3-2-4-6-15;/h2-6,9-10,13,17,21-22H,7-8,11-12,14H2,1H3,(H,23,24);1H. The Kier molecular flexibility index (Phi) is 7.49. The Morgan fingerprint density at radius 3 is 2.69 bits per heavy atom. The van der Waals surface area contributed by atoms with Crippen molar-refractivity contribution in [2.45, 2.75) is 25.2 Å². The van der Waals surface area contributed by atoms with Crippen molar-refractivity contribution in [3.63, 3.8) is 0 Å². The number of halogens is 1. The van der Waals surface area contributed by atoms with E-state index in [0.29, 0.717) is 18.4 Å². The fraction of sp³-hybridized carbons (Fsp3) is 0.381. The highest BCUT2D eigenvalue weighted by Gasteiger charge is 2.30. The topological polar surface area (TPSA) is 58.6 Å². The number of aryl methyl sites for hydroxylation is 1. The van der Waals surface area contributed by atoms with E-state index in [0.717, 1.165) is 25.1 Å². The molecule has 3 rings (SSSR count). The molecule has 0 bridgehead atoms. The van der Waals surface area contributed by atoms with E-state index in [1.807, 2.05) is 12.1 Å². The van der Waals surface area contributed by atoms with Crippen molar-refractivity contribution in [1.82, 2.24) is 5.32 Å². The van der Waals surface area contributed by atoms with Gasteiger partial charge in [-0.15, -0.1) is 12.4 Å². The Morgan fingerprint density at radius 1 is 1.23 bits per heavy atom. The minimum Gasteiger partial charge on any atom is -0.497 e. The third-order valence-corrected chi connectivity index (χ3v) is 5.02. The highest BCUT2D eigenvalue weighted by Crippen LogP contribution is 2.41. The number of carboxylic acid groups (broad SMARTS) is 1. The molecule has 0 radical (unpaired) electrons. The number of benzene rings is 2. The average Bonchev–Trinajstić information content (AvgIpc) is 2.65. The van der Waals surface area contributed by atoms with Gasteiger partial charge in [-0.25, -0.2) is 0 Å². The summed E-state index contributed by atoms with van der Waals surface area (Å²) in [6.45, 7) is 1.35. The molecule has 2 unspecified atom stereocenters. The molecular weight excluding hydrogens is 350 g/mol. The number of hydrogen-bond acceptors (Lipinski definition) is 3. The van der Waals surface area contributed by atoms with E-state index in [9.17, 15) is 4.79 Å². The van der Waals surface area contributed by atoms with Gasteiger partial charge in [0.2, 0.25) is 0 Å². The number of carboxylic acids is 1. The van der Waals surface area contributed by atoms with E-state index in [1.54, 1.807) is 7.11 Å². The van der Waals surface area contributed by atoms with Crippen molar-refractivity contribution in [2.75, 3.05) is 20.2 Å². The summed E-state index contributed by atoms with van der Waals surface area (Å²) in [5.41, 5.74) is 4.04. The van der Waals surface area contributed by atoms with Crippen LogP contribution in [0.3, 0.4) is 0 Å². The molecule has 4 nitrogen and oxygen atoms in total. The van der Waals surface area contributed by atoms with Crippen LogP contribution in [0.15, 0.2) is 48.5 Å². The van der Waals surface area contributed by atoms with Gasteiger partial charge in [0, 0.05) is 12.5 Å². The zero-order valence-corrected chi connectivity index (χ0v) is 15.8. The number of ether oxygens (including phenoxy) is 1. The number of hydrogen-bond donors (Lipinski definition) is 2. The molecule has 1 aliphatic carbocycles. The molecule has 0 saturated carbocycles. The van der Waals surface area contributed by atoms with Gasteiger partial charge in [-0.2, -0.15) is 0 Å². The molecule has 1 aliphatic rings. The van der Waals surface area contributed by atoms with Crippen LogP contribution in [0, 0.1) is 5.92 Å². The quantitative estimate of drug-likeness (QED) is 0.721. The van der Waals surface area contributed by atoms with E-state index in [2.05, 4.69) is 41.7 Å². The Balaban J connectivity index is 0.00000243. The van der Waals surface area contributed by atoms with Gasteiger partial charge in [0.15, 0.2) is 0 Å². The summed E-state index contributed by atoms with van der Waals surface area (Å²) < 4.78 is 5.38. The van der Waals surface area contributed by atoms with Crippen molar-refractivity contribution in [3.05, 3.63) is 65.2 Å². The fourth-order valence-corrected chi connectivity index (χ4v) is 3.81. The lowest BCUT2D eigenvalue weighted by Crippen LogP contribution is -2.32. The fourth-order valence-electron chi connectivity index (χ4n) is 3.81. The first-order valence-corrected chi connectivity index (χ1v) is 8.83. The first-order chi connectivity index (χ1) is 12.2. The molecule has 0 heterocycles. The number of rotatable bonds is 7. The molecule has 5 heteroatoms. The molecule has 0 aromatic heterocycles. The molecule has 0 spiro atoms. The normalized spacial score (nSPS) is 18.5. The van der Waals surface area contributed by atoms with Crippen LogP contribution in [0.1, 0.15) is 35.4 Å². The highest BCUT2D eigenvalue weighted by atomic mass is 35.5. The largest absolute Gasteiger partial charge is 0.497 e. The van der Waals surface area contributed by atoms with Crippen molar-refractivity contribution in [1.29, 1.82) is 0 Å². The van der Waals surface area contributed by atoms with Crippen molar-refractivity contribution < 1.29 is 14.6 Å². The van der Waals surface area contributed by atoms with Crippen LogP contribution in [-0.2, 0) is 11.2 Å². The van der Waals surface area contributed by atoms with E-state index < -0.39 is 5.97 Å². The molecule has 2 N–H and O–H groups in total. The van der Waals surface area contributed by atoms with Crippen LogP contribution in [0.5, 0.6) is 5.75 Å². The zero-order valence-electron chi connectivity index (χ0n) is 15.0. The summed E-state index contributed by atoms with van der Waals surface area (Å²) in [5.74, 6) is 0.932. The van der Waals surface area contributed by atoms with E-state index >= 15 is 0 Å². The van der Waals surface area contributed by atoms with E-state index in [-0.39, 0.29) is 18.8 Å². The second kappa shape index (κ2) is 9.60. The number of methoxy groups -OCH3 is 1. The monoisotopic (exact) mass is 375 g/mol. The van der Waals surface area contributed by atoms with Gasteiger partial charge in [0.25, 0.3) is 0 Å². The van der Waals surface area contributed by atoms with Gasteiger partial charge in [-0.1, -0.05) is 36.4 Å². The molecule has 2 atom stereocenters. The maximum atomic E-state index is 10.7. The second-order valence-corrected chi connectivity index (χ2v) is 6.60. The van der Waals surface area contributed by atoms with E-state index in [1.165, 1.54) is 16.7 Å². The van der Waals surface area contributed by atoms with Gasteiger partial charge in [-0.05, 0) is 54.1 Å². The summed E-state index contributed by atoms with van der Waals surface area (Å²) in [6.07, 6.45) is 2.28. The van der Waals surface area contributed by atoms with Crippen LogP contribution in [0.2, 0.25) is 0 Å². The van der Waals surface area contributed by atoms with Crippen LogP contribution in [-0.4, -0.2) is 31.3 Å². The third-order valence-electron chi connectivity index (χ3n) is 5.02. The molecule has 0 saturated heterocycles.